The van der Waals surface area contributed by atoms with Crippen molar-refractivity contribution in [1.29, 1.82) is 5.26 Å². The molecule has 2 aliphatic rings. The quantitative estimate of drug-likeness (QED) is 0.828. The van der Waals surface area contributed by atoms with E-state index in [1.54, 1.807) is 0 Å². The van der Waals surface area contributed by atoms with Crippen LogP contribution >= 0.6 is 0 Å². The van der Waals surface area contributed by atoms with Crippen molar-refractivity contribution in [1.82, 2.24) is 14.8 Å². The van der Waals surface area contributed by atoms with Crippen molar-refractivity contribution in [2.75, 3.05) is 19.6 Å². The minimum atomic E-state index is -0.0561. The number of aryl methyl sites for hydroxylation is 1. The molecule has 1 unspecified atom stereocenters. The SMILES string of the molecule is N#CCCNC(=O)CCn1c2c(c3ccccc31)C(=O)CN1CCCCC21. The van der Waals surface area contributed by atoms with Crippen molar-refractivity contribution < 1.29 is 9.59 Å². The van der Waals surface area contributed by atoms with Gasteiger partial charge in [0.05, 0.1) is 25.1 Å². The van der Waals surface area contributed by atoms with E-state index in [0.717, 1.165) is 41.5 Å². The van der Waals surface area contributed by atoms with E-state index in [4.69, 9.17) is 5.26 Å². The van der Waals surface area contributed by atoms with Gasteiger partial charge in [-0.05, 0) is 25.5 Å². The van der Waals surface area contributed by atoms with Gasteiger partial charge >= 0.3 is 0 Å². The first-order valence-electron chi connectivity index (χ1n) is 9.72. The zero-order valence-electron chi connectivity index (χ0n) is 15.4. The second-order valence-corrected chi connectivity index (χ2v) is 7.34. The predicted molar refractivity (Wildman–Crippen MR) is 102 cm³/mol. The first kappa shape index (κ1) is 17.7. The first-order chi connectivity index (χ1) is 13.2. The van der Waals surface area contributed by atoms with Crippen molar-refractivity contribution in [3.05, 3.63) is 35.5 Å². The minimum absolute atomic E-state index is 0.0561. The number of nitriles is 1. The number of Topliss-reactive ketones (excluding diaryl/α,β-unsaturated/α-hetero) is 1. The molecule has 27 heavy (non-hydrogen) atoms. The fraction of sp³-hybridized carbons (Fsp3) is 0.476. The number of nitrogens with zero attached hydrogens (tertiary/aromatic N) is 3. The Morgan fingerprint density at radius 2 is 2.15 bits per heavy atom. The van der Waals surface area contributed by atoms with Gasteiger partial charge in [-0.1, -0.05) is 24.6 Å². The van der Waals surface area contributed by atoms with Crippen molar-refractivity contribution >= 4 is 22.6 Å². The Labute approximate surface area is 158 Å². The molecule has 1 N–H and O–H groups in total. The number of piperidine rings is 1. The van der Waals surface area contributed by atoms with Gasteiger partial charge in [-0.15, -0.1) is 0 Å². The molecule has 0 radical (unpaired) electrons. The maximum absolute atomic E-state index is 12.9. The lowest BCUT2D eigenvalue weighted by molar-refractivity contribution is -0.121. The number of carbonyl (C=O) groups is 2. The van der Waals surface area contributed by atoms with Gasteiger partial charge in [-0.25, -0.2) is 0 Å². The Hall–Kier alpha value is -2.65. The van der Waals surface area contributed by atoms with Gasteiger partial charge in [0.15, 0.2) is 5.78 Å². The summed E-state index contributed by atoms with van der Waals surface area (Å²) in [6.07, 6.45) is 4.03. The number of hydrogen-bond acceptors (Lipinski definition) is 4. The van der Waals surface area contributed by atoms with E-state index in [2.05, 4.69) is 14.8 Å². The number of aromatic nitrogens is 1. The largest absolute Gasteiger partial charge is 0.355 e. The standard InChI is InChI=1S/C21H24N4O2/c22-10-5-11-23-19(27)9-13-25-16-7-2-1-6-15(16)20-18(26)14-24-12-4-3-8-17(24)21(20)25/h1-2,6-7,17H,3-5,8-9,11-14H2,(H,23,27). The number of ketones is 1. The third-order valence-electron chi connectivity index (χ3n) is 5.69. The van der Waals surface area contributed by atoms with Gasteiger partial charge < -0.3 is 9.88 Å². The molecule has 6 heteroatoms. The topological polar surface area (TPSA) is 78.1 Å². The molecule has 1 atom stereocenters. The molecule has 0 spiro atoms. The Kier molecular flexibility index (Phi) is 4.95. The second kappa shape index (κ2) is 7.53. The van der Waals surface area contributed by atoms with Gasteiger partial charge in [-0.3, -0.25) is 14.5 Å². The first-order valence-corrected chi connectivity index (χ1v) is 9.72. The van der Waals surface area contributed by atoms with Crippen LogP contribution in [0.5, 0.6) is 0 Å². The van der Waals surface area contributed by atoms with Crippen molar-refractivity contribution in [2.45, 2.75) is 44.7 Å². The van der Waals surface area contributed by atoms with Crippen LogP contribution in [0.15, 0.2) is 24.3 Å². The van der Waals surface area contributed by atoms with Crippen molar-refractivity contribution in [3.8, 4) is 6.07 Å². The lowest BCUT2D eigenvalue weighted by atomic mass is 9.90. The second-order valence-electron chi connectivity index (χ2n) is 7.34. The Morgan fingerprint density at radius 3 is 3.00 bits per heavy atom. The number of nitrogens with one attached hydrogen (secondary N) is 1. The number of carbonyl (C=O) groups excluding carboxylic acids is 2. The maximum Gasteiger partial charge on any atom is 0.221 e. The Balaban J connectivity index is 1.69. The summed E-state index contributed by atoms with van der Waals surface area (Å²) in [7, 11) is 0. The van der Waals surface area contributed by atoms with Crippen LogP contribution in [-0.2, 0) is 11.3 Å². The monoisotopic (exact) mass is 364 g/mol. The molecule has 4 rings (SSSR count). The molecule has 140 valence electrons. The number of benzene rings is 1. The van der Waals surface area contributed by atoms with Gasteiger partial charge in [0.2, 0.25) is 5.91 Å². The third-order valence-corrected chi connectivity index (χ3v) is 5.69. The summed E-state index contributed by atoms with van der Waals surface area (Å²) >= 11 is 0. The molecule has 1 aromatic heterocycles. The van der Waals surface area contributed by atoms with Crippen LogP contribution in [0.3, 0.4) is 0 Å². The van der Waals surface area contributed by atoms with E-state index >= 15 is 0 Å². The normalized spacial score (nSPS) is 19.4. The summed E-state index contributed by atoms with van der Waals surface area (Å²) < 4.78 is 2.19. The van der Waals surface area contributed by atoms with E-state index in [9.17, 15) is 9.59 Å². The predicted octanol–water partition coefficient (Wildman–Crippen LogP) is 2.78. The third kappa shape index (κ3) is 3.24. The Morgan fingerprint density at radius 1 is 1.30 bits per heavy atom. The molecule has 0 saturated carbocycles. The number of para-hydroxylation sites is 1. The molecule has 1 aromatic carbocycles. The van der Waals surface area contributed by atoms with Crippen LogP contribution in [-0.4, -0.2) is 40.8 Å². The minimum Gasteiger partial charge on any atom is -0.355 e. The summed E-state index contributed by atoms with van der Waals surface area (Å²) in [5.74, 6) is 0.135. The summed E-state index contributed by atoms with van der Waals surface area (Å²) in [5.41, 5.74) is 2.99. The average molecular weight is 364 g/mol. The van der Waals surface area contributed by atoms with Gasteiger partial charge in [0.25, 0.3) is 0 Å². The summed E-state index contributed by atoms with van der Waals surface area (Å²) in [6, 6.07) is 10.3. The number of hydrogen-bond donors (Lipinski definition) is 1. The zero-order chi connectivity index (χ0) is 18.8. The summed E-state index contributed by atoms with van der Waals surface area (Å²) in [4.78, 5) is 27.4. The van der Waals surface area contributed by atoms with Gasteiger partial charge in [0, 0.05) is 41.7 Å². The molecule has 0 aliphatic carbocycles. The zero-order valence-corrected chi connectivity index (χ0v) is 15.4. The van der Waals surface area contributed by atoms with E-state index in [1.807, 2.05) is 30.3 Å². The summed E-state index contributed by atoms with van der Waals surface area (Å²) in [5, 5.41) is 12.4. The highest BCUT2D eigenvalue weighted by Gasteiger charge is 2.38. The molecule has 3 heterocycles. The van der Waals surface area contributed by atoms with Crippen LogP contribution in [0.25, 0.3) is 10.9 Å². The molecule has 1 saturated heterocycles. The lowest BCUT2D eigenvalue weighted by Crippen LogP contribution is -2.42. The molecule has 6 nitrogen and oxygen atoms in total. The molecular weight excluding hydrogens is 340 g/mol. The van der Waals surface area contributed by atoms with Crippen LogP contribution in [0.1, 0.15) is 54.2 Å². The van der Waals surface area contributed by atoms with Gasteiger partial charge in [0.1, 0.15) is 0 Å². The highest BCUT2D eigenvalue weighted by Crippen LogP contribution is 2.41. The molecule has 0 bridgehead atoms. The fourth-order valence-electron chi connectivity index (χ4n) is 4.52. The number of fused-ring (bicyclic) bond motifs is 5. The number of amides is 1. The molecule has 1 fully saturated rings. The van der Waals surface area contributed by atoms with Crippen LogP contribution < -0.4 is 5.32 Å². The number of rotatable bonds is 5. The van der Waals surface area contributed by atoms with E-state index in [-0.39, 0.29) is 17.7 Å². The molecular formula is C21H24N4O2. The highest BCUT2D eigenvalue weighted by molar-refractivity contribution is 6.11. The van der Waals surface area contributed by atoms with E-state index < -0.39 is 0 Å². The average Bonchev–Trinajstić information content (AvgIpc) is 3.02. The summed E-state index contributed by atoms with van der Waals surface area (Å²) in [6.45, 7) is 2.40. The van der Waals surface area contributed by atoms with Crippen molar-refractivity contribution in [2.24, 2.45) is 0 Å². The van der Waals surface area contributed by atoms with Crippen molar-refractivity contribution in [3.63, 3.8) is 0 Å². The maximum atomic E-state index is 12.9. The lowest BCUT2D eigenvalue weighted by Gasteiger charge is -2.39. The van der Waals surface area contributed by atoms with Crippen LogP contribution in [0.4, 0.5) is 0 Å². The Bertz CT molecular complexity index is 924. The smallest absolute Gasteiger partial charge is 0.221 e. The fourth-order valence-corrected chi connectivity index (χ4v) is 4.52. The molecule has 1 amide bonds. The van der Waals surface area contributed by atoms with Gasteiger partial charge in [-0.2, -0.15) is 5.26 Å². The van der Waals surface area contributed by atoms with Crippen LogP contribution in [0.2, 0.25) is 0 Å². The molecule has 2 aliphatic heterocycles. The van der Waals surface area contributed by atoms with E-state index in [1.165, 1.54) is 6.42 Å². The van der Waals surface area contributed by atoms with E-state index in [0.29, 0.717) is 32.5 Å². The molecule has 2 aromatic rings. The van der Waals surface area contributed by atoms with Crippen LogP contribution in [0, 0.1) is 11.3 Å². The highest BCUT2D eigenvalue weighted by atomic mass is 16.1.